The molecular formula is C17H20N2O2. The van der Waals surface area contributed by atoms with Gasteiger partial charge in [0.2, 0.25) is 0 Å². The summed E-state index contributed by atoms with van der Waals surface area (Å²) in [6, 6.07) is 15.6. The number of nitrogen functional groups attached to an aromatic ring is 1. The van der Waals surface area contributed by atoms with E-state index >= 15 is 0 Å². The fourth-order valence-electron chi connectivity index (χ4n) is 2.33. The van der Waals surface area contributed by atoms with Gasteiger partial charge in [-0.25, -0.2) is 5.84 Å². The molecule has 0 unspecified atom stereocenters. The Hall–Kier alpha value is -2.17. The van der Waals surface area contributed by atoms with Crippen molar-refractivity contribution >= 4 is 5.91 Å². The maximum Gasteiger partial charge on any atom is 0.265 e. The van der Waals surface area contributed by atoms with Gasteiger partial charge < -0.3 is 4.74 Å². The van der Waals surface area contributed by atoms with E-state index in [2.05, 4.69) is 5.43 Å². The lowest BCUT2D eigenvalue weighted by molar-refractivity contribution is 0.0950. The molecule has 0 saturated heterocycles. The van der Waals surface area contributed by atoms with Gasteiger partial charge in [0.1, 0.15) is 0 Å². The average molecular weight is 284 g/mol. The van der Waals surface area contributed by atoms with Crippen molar-refractivity contribution in [2.24, 2.45) is 5.84 Å². The second-order valence-electron chi connectivity index (χ2n) is 4.75. The molecule has 0 aliphatic heterocycles. The van der Waals surface area contributed by atoms with Gasteiger partial charge in [-0.2, -0.15) is 0 Å². The topological polar surface area (TPSA) is 64.3 Å². The van der Waals surface area contributed by atoms with Crippen molar-refractivity contribution in [1.29, 1.82) is 0 Å². The molecule has 21 heavy (non-hydrogen) atoms. The molecule has 0 aliphatic rings. The average Bonchev–Trinajstić information content (AvgIpc) is 2.54. The quantitative estimate of drug-likeness (QED) is 0.487. The first-order valence-electron chi connectivity index (χ1n) is 6.99. The minimum Gasteiger partial charge on any atom is -0.372 e. The standard InChI is InChI=1S/C17H20N2O2/c1-2-15-14(9-6-10-16(15)17(20)19-18)12-21-11-13-7-4-3-5-8-13/h3-10H,2,11-12,18H2,1H3,(H,19,20). The first kappa shape index (κ1) is 15.2. The van der Waals surface area contributed by atoms with Crippen LogP contribution < -0.4 is 11.3 Å². The molecule has 2 aromatic rings. The summed E-state index contributed by atoms with van der Waals surface area (Å²) in [7, 11) is 0. The maximum absolute atomic E-state index is 11.8. The van der Waals surface area contributed by atoms with Gasteiger partial charge in [0.25, 0.3) is 5.91 Å². The molecule has 0 heterocycles. The highest BCUT2D eigenvalue weighted by Gasteiger charge is 2.12. The van der Waals surface area contributed by atoms with E-state index in [0.717, 1.165) is 23.1 Å². The lowest BCUT2D eigenvalue weighted by Gasteiger charge is -2.13. The van der Waals surface area contributed by atoms with Crippen LogP contribution in [0.5, 0.6) is 0 Å². The van der Waals surface area contributed by atoms with Crippen LogP contribution in [0.4, 0.5) is 0 Å². The molecule has 4 heteroatoms. The van der Waals surface area contributed by atoms with Crippen molar-refractivity contribution in [1.82, 2.24) is 5.43 Å². The minimum atomic E-state index is -0.267. The van der Waals surface area contributed by atoms with Crippen LogP contribution in [0.15, 0.2) is 48.5 Å². The summed E-state index contributed by atoms with van der Waals surface area (Å²) in [5.74, 6) is 4.96. The van der Waals surface area contributed by atoms with Crippen LogP contribution >= 0.6 is 0 Å². The fourth-order valence-corrected chi connectivity index (χ4v) is 2.33. The molecule has 0 spiro atoms. The summed E-state index contributed by atoms with van der Waals surface area (Å²) in [4.78, 5) is 11.8. The second-order valence-corrected chi connectivity index (χ2v) is 4.75. The molecule has 1 amide bonds. The Bertz CT molecular complexity index is 597. The Balaban J connectivity index is 2.07. The van der Waals surface area contributed by atoms with Crippen molar-refractivity contribution in [2.45, 2.75) is 26.6 Å². The van der Waals surface area contributed by atoms with Crippen molar-refractivity contribution in [3.05, 3.63) is 70.8 Å². The third-order valence-electron chi connectivity index (χ3n) is 3.37. The van der Waals surface area contributed by atoms with E-state index in [1.54, 1.807) is 6.07 Å². The van der Waals surface area contributed by atoms with Crippen LogP contribution in [-0.4, -0.2) is 5.91 Å². The molecule has 4 nitrogen and oxygen atoms in total. The number of hydrogen-bond acceptors (Lipinski definition) is 3. The number of nitrogens with two attached hydrogens (primary N) is 1. The summed E-state index contributed by atoms with van der Waals surface area (Å²) in [6.07, 6.45) is 0.758. The van der Waals surface area contributed by atoms with E-state index < -0.39 is 0 Å². The van der Waals surface area contributed by atoms with Gasteiger partial charge in [-0.05, 0) is 29.2 Å². The zero-order valence-corrected chi connectivity index (χ0v) is 12.1. The van der Waals surface area contributed by atoms with E-state index in [4.69, 9.17) is 10.6 Å². The lowest BCUT2D eigenvalue weighted by atomic mass is 9.99. The smallest absolute Gasteiger partial charge is 0.265 e. The Labute approximate surface area is 124 Å². The number of rotatable bonds is 6. The molecule has 0 atom stereocenters. The van der Waals surface area contributed by atoms with Gasteiger partial charge in [-0.3, -0.25) is 10.2 Å². The first-order valence-corrected chi connectivity index (χ1v) is 6.99. The molecule has 0 aromatic heterocycles. The fraction of sp³-hybridized carbons (Fsp3) is 0.235. The minimum absolute atomic E-state index is 0.267. The molecule has 0 bridgehead atoms. The van der Waals surface area contributed by atoms with E-state index in [-0.39, 0.29) is 5.91 Å². The van der Waals surface area contributed by atoms with Gasteiger partial charge in [0.05, 0.1) is 13.2 Å². The van der Waals surface area contributed by atoms with E-state index in [9.17, 15) is 4.79 Å². The van der Waals surface area contributed by atoms with E-state index in [1.807, 2.05) is 49.4 Å². The number of hydrogen-bond donors (Lipinski definition) is 2. The number of carbonyl (C=O) groups is 1. The molecule has 110 valence electrons. The van der Waals surface area contributed by atoms with Crippen LogP contribution in [-0.2, 0) is 24.4 Å². The van der Waals surface area contributed by atoms with Crippen molar-refractivity contribution in [2.75, 3.05) is 0 Å². The Morgan fingerprint density at radius 3 is 2.52 bits per heavy atom. The maximum atomic E-state index is 11.8. The molecule has 0 radical (unpaired) electrons. The normalized spacial score (nSPS) is 10.4. The highest BCUT2D eigenvalue weighted by atomic mass is 16.5. The van der Waals surface area contributed by atoms with Gasteiger partial charge in [-0.1, -0.05) is 49.4 Å². The highest BCUT2D eigenvalue weighted by Crippen LogP contribution is 2.17. The van der Waals surface area contributed by atoms with E-state index in [1.165, 1.54) is 0 Å². The van der Waals surface area contributed by atoms with Crippen molar-refractivity contribution in [3.63, 3.8) is 0 Å². The van der Waals surface area contributed by atoms with Crippen LogP contribution in [0, 0.1) is 0 Å². The van der Waals surface area contributed by atoms with Crippen LogP contribution in [0.1, 0.15) is 34.0 Å². The first-order chi connectivity index (χ1) is 10.3. The third-order valence-corrected chi connectivity index (χ3v) is 3.37. The predicted molar refractivity (Wildman–Crippen MR) is 82.4 cm³/mol. The number of carbonyl (C=O) groups excluding carboxylic acids is 1. The Kier molecular flexibility index (Phi) is 5.49. The van der Waals surface area contributed by atoms with Gasteiger partial charge in [-0.15, -0.1) is 0 Å². The predicted octanol–water partition coefficient (Wildman–Crippen LogP) is 2.57. The number of ether oxygens (including phenoxy) is 1. The van der Waals surface area contributed by atoms with Gasteiger partial charge in [0.15, 0.2) is 0 Å². The van der Waals surface area contributed by atoms with Crippen LogP contribution in [0.2, 0.25) is 0 Å². The van der Waals surface area contributed by atoms with Crippen LogP contribution in [0.3, 0.4) is 0 Å². The van der Waals surface area contributed by atoms with Gasteiger partial charge in [0, 0.05) is 5.56 Å². The SMILES string of the molecule is CCc1c(COCc2ccccc2)cccc1C(=O)NN. The molecule has 0 fully saturated rings. The summed E-state index contributed by atoms with van der Waals surface area (Å²) < 4.78 is 5.75. The van der Waals surface area contributed by atoms with Crippen molar-refractivity contribution < 1.29 is 9.53 Å². The summed E-state index contributed by atoms with van der Waals surface area (Å²) in [6.45, 7) is 3.05. The highest BCUT2D eigenvalue weighted by molar-refractivity contribution is 5.95. The monoisotopic (exact) mass is 284 g/mol. The summed E-state index contributed by atoms with van der Waals surface area (Å²) in [5, 5.41) is 0. The molecule has 0 aliphatic carbocycles. The Morgan fingerprint density at radius 1 is 1.10 bits per heavy atom. The number of benzene rings is 2. The number of nitrogens with one attached hydrogen (secondary N) is 1. The summed E-state index contributed by atoms with van der Waals surface area (Å²) in [5.41, 5.74) is 5.93. The zero-order valence-electron chi connectivity index (χ0n) is 12.1. The largest absolute Gasteiger partial charge is 0.372 e. The lowest BCUT2D eigenvalue weighted by Crippen LogP contribution is -2.31. The Morgan fingerprint density at radius 2 is 1.86 bits per heavy atom. The van der Waals surface area contributed by atoms with Crippen molar-refractivity contribution in [3.8, 4) is 0 Å². The third kappa shape index (κ3) is 3.90. The van der Waals surface area contributed by atoms with Crippen LogP contribution in [0.25, 0.3) is 0 Å². The molecule has 2 aromatic carbocycles. The van der Waals surface area contributed by atoms with Gasteiger partial charge >= 0.3 is 0 Å². The second kappa shape index (κ2) is 7.57. The molecule has 2 rings (SSSR count). The molecule has 3 N–H and O–H groups in total. The zero-order chi connectivity index (χ0) is 15.1. The molecular weight excluding hydrogens is 264 g/mol. The van der Waals surface area contributed by atoms with E-state index in [0.29, 0.717) is 18.8 Å². The summed E-state index contributed by atoms with van der Waals surface area (Å²) >= 11 is 0. The number of amides is 1. The molecule has 0 saturated carbocycles. The number of hydrazine groups is 1.